The minimum atomic E-state index is -0.429. The molecule has 21 heavy (non-hydrogen) atoms. The third-order valence-electron chi connectivity index (χ3n) is 4.18. The lowest BCUT2D eigenvalue weighted by atomic mass is 9.99. The fourth-order valence-electron chi connectivity index (χ4n) is 2.80. The summed E-state index contributed by atoms with van der Waals surface area (Å²) in [7, 11) is 0. The number of ether oxygens (including phenoxy) is 1. The van der Waals surface area contributed by atoms with Crippen molar-refractivity contribution in [3.8, 4) is 5.75 Å². The van der Waals surface area contributed by atoms with Gasteiger partial charge in [0, 0.05) is 0 Å². The van der Waals surface area contributed by atoms with E-state index in [4.69, 9.17) is 4.74 Å². The van der Waals surface area contributed by atoms with Crippen LogP contribution in [0.2, 0.25) is 0 Å². The first-order valence-electron chi connectivity index (χ1n) is 7.69. The van der Waals surface area contributed by atoms with Gasteiger partial charge in [-0.1, -0.05) is 38.8 Å². The number of aliphatic hydroxyl groups is 1. The normalized spacial score (nSPS) is 17.0. The second-order valence-electron chi connectivity index (χ2n) is 6.21. The Balaban J connectivity index is 1.83. The highest BCUT2D eigenvalue weighted by molar-refractivity contribution is 5.78. The van der Waals surface area contributed by atoms with Gasteiger partial charge >= 0.3 is 0 Å². The van der Waals surface area contributed by atoms with Gasteiger partial charge in [0.25, 0.3) is 5.91 Å². The highest BCUT2D eigenvalue weighted by atomic mass is 16.5. The van der Waals surface area contributed by atoms with Crippen LogP contribution in [0.4, 0.5) is 0 Å². The number of carbonyl (C=O) groups excluding carboxylic acids is 1. The lowest BCUT2D eigenvalue weighted by molar-refractivity contribution is -0.125. The molecular weight excluding hydrogens is 266 g/mol. The minimum absolute atomic E-state index is 0.00181. The van der Waals surface area contributed by atoms with Crippen molar-refractivity contribution in [1.82, 2.24) is 5.32 Å². The molecule has 1 aliphatic rings. The van der Waals surface area contributed by atoms with Crippen molar-refractivity contribution in [3.05, 3.63) is 29.8 Å². The van der Waals surface area contributed by atoms with Crippen molar-refractivity contribution in [2.24, 2.45) is 0 Å². The van der Waals surface area contributed by atoms with E-state index in [-0.39, 0.29) is 19.1 Å². The van der Waals surface area contributed by atoms with Crippen LogP contribution < -0.4 is 10.1 Å². The van der Waals surface area contributed by atoms with Gasteiger partial charge in [-0.15, -0.1) is 0 Å². The highest BCUT2D eigenvalue weighted by Gasteiger charge is 2.34. The van der Waals surface area contributed by atoms with Crippen molar-refractivity contribution in [2.75, 3.05) is 13.2 Å². The molecule has 0 radical (unpaired) electrons. The number of amides is 1. The molecule has 1 aromatic rings. The van der Waals surface area contributed by atoms with Crippen molar-refractivity contribution in [1.29, 1.82) is 0 Å². The van der Waals surface area contributed by atoms with Crippen LogP contribution in [0.1, 0.15) is 51.0 Å². The number of aliphatic hydroxyl groups excluding tert-OH is 1. The van der Waals surface area contributed by atoms with E-state index in [1.165, 1.54) is 5.56 Å². The zero-order chi connectivity index (χ0) is 15.3. The summed E-state index contributed by atoms with van der Waals surface area (Å²) >= 11 is 0. The molecule has 0 unspecified atom stereocenters. The summed E-state index contributed by atoms with van der Waals surface area (Å²) in [5.74, 6) is 1.01. The van der Waals surface area contributed by atoms with Crippen LogP contribution in [-0.2, 0) is 4.79 Å². The third kappa shape index (κ3) is 4.21. The summed E-state index contributed by atoms with van der Waals surface area (Å²) in [5.41, 5.74) is 0.819. The summed E-state index contributed by atoms with van der Waals surface area (Å²) in [5, 5.41) is 12.4. The number of nitrogens with one attached hydrogen (secondary N) is 1. The van der Waals surface area contributed by atoms with Gasteiger partial charge in [0.1, 0.15) is 5.75 Å². The van der Waals surface area contributed by atoms with Gasteiger partial charge in [0.2, 0.25) is 0 Å². The van der Waals surface area contributed by atoms with Crippen molar-refractivity contribution >= 4 is 5.91 Å². The van der Waals surface area contributed by atoms with Gasteiger partial charge in [0.15, 0.2) is 6.61 Å². The average molecular weight is 291 g/mol. The zero-order valence-electron chi connectivity index (χ0n) is 12.9. The number of rotatable bonds is 6. The maximum Gasteiger partial charge on any atom is 0.258 e. The molecule has 116 valence electrons. The van der Waals surface area contributed by atoms with Crippen LogP contribution in [0.25, 0.3) is 0 Å². The van der Waals surface area contributed by atoms with Crippen LogP contribution in [-0.4, -0.2) is 29.8 Å². The van der Waals surface area contributed by atoms with Crippen molar-refractivity contribution < 1.29 is 14.6 Å². The van der Waals surface area contributed by atoms with Crippen LogP contribution in [0.3, 0.4) is 0 Å². The van der Waals surface area contributed by atoms with E-state index in [0.29, 0.717) is 11.7 Å². The first-order chi connectivity index (χ1) is 10.0. The lowest BCUT2D eigenvalue weighted by Gasteiger charge is -2.27. The zero-order valence-corrected chi connectivity index (χ0v) is 12.9. The van der Waals surface area contributed by atoms with Gasteiger partial charge < -0.3 is 15.2 Å². The Bertz CT molecular complexity index is 461. The molecule has 4 nitrogen and oxygen atoms in total. The summed E-state index contributed by atoms with van der Waals surface area (Å²) in [6, 6.07) is 7.81. The largest absolute Gasteiger partial charge is 0.484 e. The topological polar surface area (TPSA) is 58.6 Å². The minimum Gasteiger partial charge on any atom is -0.484 e. The molecule has 1 saturated carbocycles. The summed E-state index contributed by atoms with van der Waals surface area (Å²) in [6.07, 6.45) is 3.80. The van der Waals surface area contributed by atoms with Crippen LogP contribution in [0.15, 0.2) is 24.3 Å². The average Bonchev–Trinajstić information content (AvgIpc) is 2.94. The third-order valence-corrected chi connectivity index (χ3v) is 4.18. The molecule has 4 heteroatoms. The van der Waals surface area contributed by atoms with E-state index in [2.05, 4.69) is 19.2 Å². The molecule has 1 fully saturated rings. The Kier molecular flexibility index (Phi) is 5.23. The molecule has 0 aromatic heterocycles. The molecule has 0 bridgehead atoms. The standard InChI is InChI=1S/C17H25NO3/c1-13(2)14-5-7-15(8-6-14)21-11-16(20)18-17(12-19)9-3-4-10-17/h5-8,13,19H,3-4,9-12H2,1-2H3,(H,18,20). The highest BCUT2D eigenvalue weighted by Crippen LogP contribution is 2.29. The van der Waals surface area contributed by atoms with E-state index in [0.717, 1.165) is 25.7 Å². The predicted molar refractivity (Wildman–Crippen MR) is 82.5 cm³/mol. The van der Waals surface area contributed by atoms with E-state index in [1.54, 1.807) is 0 Å². The molecule has 1 aliphatic carbocycles. The van der Waals surface area contributed by atoms with E-state index >= 15 is 0 Å². The molecule has 2 N–H and O–H groups in total. The fraction of sp³-hybridized carbons (Fsp3) is 0.588. The smallest absolute Gasteiger partial charge is 0.258 e. The Morgan fingerprint density at radius 3 is 2.43 bits per heavy atom. The Hall–Kier alpha value is -1.55. The molecule has 1 aromatic carbocycles. The molecule has 0 spiro atoms. The Morgan fingerprint density at radius 1 is 1.29 bits per heavy atom. The number of carbonyl (C=O) groups is 1. The number of hydrogen-bond acceptors (Lipinski definition) is 3. The first-order valence-corrected chi connectivity index (χ1v) is 7.69. The van der Waals surface area contributed by atoms with Gasteiger partial charge in [-0.2, -0.15) is 0 Å². The van der Waals surface area contributed by atoms with Crippen molar-refractivity contribution in [3.63, 3.8) is 0 Å². The number of benzene rings is 1. The number of hydrogen-bond donors (Lipinski definition) is 2. The molecule has 1 amide bonds. The van der Waals surface area contributed by atoms with Crippen LogP contribution in [0.5, 0.6) is 5.75 Å². The second-order valence-corrected chi connectivity index (χ2v) is 6.21. The SMILES string of the molecule is CC(C)c1ccc(OCC(=O)NC2(CO)CCCC2)cc1. The predicted octanol–water partition coefficient (Wildman–Crippen LogP) is 2.61. The quantitative estimate of drug-likeness (QED) is 0.847. The fourth-order valence-corrected chi connectivity index (χ4v) is 2.80. The Labute approximate surface area is 126 Å². The molecule has 0 aliphatic heterocycles. The maximum atomic E-state index is 12.0. The summed E-state index contributed by atoms with van der Waals surface area (Å²) in [4.78, 5) is 12.0. The van der Waals surface area contributed by atoms with Crippen LogP contribution in [0, 0.1) is 0 Å². The summed E-state index contributed by atoms with van der Waals surface area (Å²) < 4.78 is 5.51. The van der Waals surface area contributed by atoms with E-state index in [9.17, 15) is 9.90 Å². The van der Waals surface area contributed by atoms with Gasteiger partial charge in [-0.3, -0.25) is 4.79 Å². The Morgan fingerprint density at radius 2 is 1.90 bits per heavy atom. The monoisotopic (exact) mass is 291 g/mol. The summed E-state index contributed by atoms with van der Waals surface area (Å²) in [6.45, 7) is 4.27. The maximum absolute atomic E-state index is 12.0. The second kappa shape index (κ2) is 6.94. The van der Waals surface area contributed by atoms with E-state index < -0.39 is 5.54 Å². The van der Waals surface area contributed by atoms with E-state index in [1.807, 2.05) is 24.3 Å². The lowest BCUT2D eigenvalue weighted by Crippen LogP contribution is -2.50. The molecule has 0 atom stereocenters. The van der Waals surface area contributed by atoms with Gasteiger partial charge in [-0.25, -0.2) is 0 Å². The van der Waals surface area contributed by atoms with Gasteiger partial charge in [-0.05, 0) is 36.5 Å². The first kappa shape index (κ1) is 15.8. The molecule has 0 saturated heterocycles. The molecular formula is C17H25NO3. The van der Waals surface area contributed by atoms with Crippen LogP contribution >= 0.6 is 0 Å². The molecule has 0 heterocycles. The molecule has 2 rings (SSSR count). The van der Waals surface area contributed by atoms with Crippen molar-refractivity contribution in [2.45, 2.75) is 51.0 Å². The van der Waals surface area contributed by atoms with Gasteiger partial charge in [0.05, 0.1) is 12.1 Å².